The molecule has 0 spiro atoms. The van der Waals surface area contributed by atoms with Crippen molar-refractivity contribution in [3.63, 3.8) is 0 Å². The summed E-state index contributed by atoms with van der Waals surface area (Å²) in [5.41, 5.74) is 1.23. The number of β-lactam (4-membered cyclic amide) rings is 1. The molecule has 3 N–H and O–H groups in total. The molecule has 0 bridgehead atoms. The molecule has 1 unspecified atom stereocenters. The smallest absolute Gasteiger partial charge is 0.352 e. The van der Waals surface area contributed by atoms with Gasteiger partial charge < -0.3 is 15.7 Å². The van der Waals surface area contributed by atoms with Crippen molar-refractivity contribution in [2.75, 3.05) is 18.1 Å². The van der Waals surface area contributed by atoms with Crippen LogP contribution in [-0.2, 0) is 19.2 Å². The molecule has 13 nitrogen and oxygen atoms in total. The molecular weight excluding hydrogens is 641 g/mol. The minimum atomic E-state index is -1.26. The van der Waals surface area contributed by atoms with Gasteiger partial charge in [0.2, 0.25) is 11.8 Å². The Hall–Kier alpha value is -4.54. The van der Waals surface area contributed by atoms with E-state index < -0.39 is 59.5 Å². The maximum absolute atomic E-state index is 13.6. The van der Waals surface area contributed by atoms with Gasteiger partial charge in [0.15, 0.2) is 4.34 Å². The molecule has 45 heavy (non-hydrogen) atoms. The highest BCUT2D eigenvalue weighted by Crippen LogP contribution is 2.42. The fourth-order valence-electron chi connectivity index (χ4n) is 5.20. The van der Waals surface area contributed by atoms with Crippen LogP contribution >= 0.6 is 34.9 Å². The van der Waals surface area contributed by atoms with Crippen LogP contribution in [0.2, 0.25) is 0 Å². The van der Waals surface area contributed by atoms with Crippen LogP contribution in [-0.4, -0.2) is 90.1 Å². The first-order valence-electron chi connectivity index (χ1n) is 13.6. The van der Waals surface area contributed by atoms with Gasteiger partial charge in [0, 0.05) is 11.5 Å². The van der Waals surface area contributed by atoms with E-state index in [0.717, 1.165) is 9.91 Å². The van der Waals surface area contributed by atoms with Crippen LogP contribution in [0.5, 0.6) is 0 Å². The van der Waals surface area contributed by atoms with Gasteiger partial charge in [0.1, 0.15) is 34.7 Å². The molecule has 0 aliphatic carbocycles. The van der Waals surface area contributed by atoms with E-state index in [1.54, 1.807) is 42.5 Å². The van der Waals surface area contributed by atoms with Crippen molar-refractivity contribution in [1.29, 1.82) is 0 Å². The number of fused-ring (bicyclic) bond motifs is 2. The van der Waals surface area contributed by atoms with E-state index in [9.17, 15) is 33.9 Å². The third-order valence-corrected chi connectivity index (χ3v) is 10.7. The number of rotatable bonds is 10. The second-order valence-corrected chi connectivity index (χ2v) is 13.7. The number of aromatic nitrogens is 2. The summed E-state index contributed by atoms with van der Waals surface area (Å²) in [4.78, 5) is 79.7. The van der Waals surface area contributed by atoms with Crippen molar-refractivity contribution in [2.24, 2.45) is 0 Å². The average molecular weight is 665 g/mol. The Morgan fingerprint density at radius 3 is 2.31 bits per heavy atom. The number of aliphatic carboxylic acids is 1. The van der Waals surface area contributed by atoms with Crippen molar-refractivity contribution in [3.8, 4) is 0 Å². The molecule has 6 rings (SSSR count). The molecule has 1 aromatic heterocycles. The minimum Gasteiger partial charge on any atom is -0.477 e. The quantitative estimate of drug-likeness (QED) is 0.164. The van der Waals surface area contributed by atoms with Crippen molar-refractivity contribution < 1.29 is 33.9 Å². The largest absolute Gasteiger partial charge is 0.477 e. The van der Waals surface area contributed by atoms with Gasteiger partial charge in [-0.2, -0.15) is 0 Å². The molecule has 1 fully saturated rings. The molecular formula is C29H24N6O7S3. The highest BCUT2D eigenvalue weighted by Gasteiger charge is 2.54. The molecule has 3 aliphatic heterocycles. The number of hydrogen-bond acceptors (Lipinski definition) is 11. The molecule has 2 aromatic carbocycles. The van der Waals surface area contributed by atoms with E-state index in [1.807, 2.05) is 6.92 Å². The number of imide groups is 1. The van der Waals surface area contributed by atoms with Crippen LogP contribution in [0.25, 0.3) is 0 Å². The summed E-state index contributed by atoms with van der Waals surface area (Å²) < 4.78 is 0.689. The maximum Gasteiger partial charge on any atom is 0.352 e. The molecule has 3 aliphatic rings. The van der Waals surface area contributed by atoms with E-state index in [2.05, 4.69) is 20.8 Å². The normalized spacial score (nSPS) is 19.5. The number of hydrogen-bond donors (Lipinski definition) is 3. The summed E-state index contributed by atoms with van der Waals surface area (Å²) in [6, 6.07) is 12.3. The SMILES string of the molecule is Cc1nnc(SCC2=C(C(=O)O)N3C(=O)C(NC(=O)[C@H](NC(=O)CN4C(=O)c5ccccc5C4=O)c4ccccc4)[C@H]3SC2)s1. The predicted molar refractivity (Wildman–Crippen MR) is 164 cm³/mol. The van der Waals surface area contributed by atoms with Crippen LogP contribution in [0, 0.1) is 6.92 Å². The van der Waals surface area contributed by atoms with Crippen molar-refractivity contribution in [2.45, 2.75) is 28.7 Å². The van der Waals surface area contributed by atoms with Gasteiger partial charge in [0.25, 0.3) is 17.7 Å². The highest BCUT2D eigenvalue weighted by molar-refractivity contribution is 8.01. The summed E-state index contributed by atoms with van der Waals surface area (Å²) >= 11 is 4.06. The summed E-state index contributed by atoms with van der Waals surface area (Å²) in [6.07, 6.45) is 0. The van der Waals surface area contributed by atoms with Crippen LogP contribution in [0.1, 0.15) is 37.3 Å². The molecule has 3 atom stereocenters. The molecule has 3 aromatic rings. The summed E-state index contributed by atoms with van der Waals surface area (Å²) in [5, 5.41) is 23.4. The Kier molecular flexibility index (Phi) is 8.44. The monoisotopic (exact) mass is 664 g/mol. The number of benzene rings is 2. The third-order valence-electron chi connectivity index (χ3n) is 7.31. The Morgan fingerprint density at radius 1 is 1.02 bits per heavy atom. The first kappa shape index (κ1) is 30.5. The fraction of sp³-hybridized carbons (Fsp3) is 0.241. The highest BCUT2D eigenvalue weighted by atomic mass is 32.2. The summed E-state index contributed by atoms with van der Waals surface area (Å²) in [6.45, 7) is 1.21. The number of nitrogens with zero attached hydrogens (tertiary/aromatic N) is 4. The Balaban J connectivity index is 1.15. The lowest BCUT2D eigenvalue weighted by Gasteiger charge is -2.49. The number of carbonyl (C=O) groups is 6. The standard InChI is InChI=1S/C29H24N6O7S3/c1-14-32-33-29(45-14)44-13-16-12-43-27-21(26(40)35(27)22(16)28(41)42)31-23(37)20(15-7-3-2-4-8-15)30-19(36)11-34-24(38)17-9-5-6-10-18(17)25(34)39/h2-10,20-21,27H,11-13H2,1H3,(H,30,36)(H,31,37)(H,41,42)/t20-,21?,27-/m1/s1. The fourth-order valence-corrected chi connectivity index (χ4v) is 8.50. The first-order chi connectivity index (χ1) is 21.6. The Bertz CT molecular complexity index is 1740. The van der Waals surface area contributed by atoms with Gasteiger partial charge >= 0.3 is 5.97 Å². The van der Waals surface area contributed by atoms with Crippen molar-refractivity contribution >= 4 is 70.4 Å². The molecule has 1 saturated heterocycles. The average Bonchev–Trinajstić information content (AvgIpc) is 3.57. The molecule has 230 valence electrons. The van der Waals surface area contributed by atoms with E-state index in [4.69, 9.17) is 0 Å². The van der Waals surface area contributed by atoms with Gasteiger partial charge in [-0.1, -0.05) is 65.6 Å². The van der Waals surface area contributed by atoms with E-state index in [-0.39, 0.29) is 16.8 Å². The predicted octanol–water partition coefficient (Wildman–Crippen LogP) is 1.83. The van der Waals surface area contributed by atoms with Crippen molar-refractivity contribution in [1.82, 2.24) is 30.6 Å². The van der Waals surface area contributed by atoms with Gasteiger partial charge in [-0.15, -0.1) is 22.0 Å². The number of carboxylic acids is 1. The zero-order valence-corrected chi connectivity index (χ0v) is 25.9. The third kappa shape index (κ3) is 5.83. The van der Waals surface area contributed by atoms with E-state index in [0.29, 0.717) is 27.0 Å². The van der Waals surface area contributed by atoms with Crippen LogP contribution in [0.4, 0.5) is 0 Å². The van der Waals surface area contributed by atoms with Crippen molar-refractivity contribution in [3.05, 3.63) is 87.6 Å². The molecule has 0 saturated carbocycles. The maximum atomic E-state index is 13.6. The van der Waals surface area contributed by atoms with Crippen LogP contribution in [0.15, 0.2) is 70.2 Å². The molecule has 16 heteroatoms. The Morgan fingerprint density at radius 2 is 1.69 bits per heavy atom. The lowest BCUT2D eigenvalue weighted by atomic mass is 10.0. The first-order valence-corrected chi connectivity index (χ1v) is 16.4. The number of thioether (sulfide) groups is 2. The van der Waals surface area contributed by atoms with Crippen LogP contribution < -0.4 is 10.6 Å². The second-order valence-electron chi connectivity index (χ2n) is 10.2. The van der Waals surface area contributed by atoms with E-state index in [1.165, 1.54) is 51.9 Å². The van der Waals surface area contributed by atoms with Crippen LogP contribution in [0.3, 0.4) is 0 Å². The second kappa shape index (κ2) is 12.5. The number of nitrogens with one attached hydrogen (secondary N) is 2. The summed E-state index contributed by atoms with van der Waals surface area (Å²) in [7, 11) is 0. The van der Waals surface area contributed by atoms with E-state index >= 15 is 0 Å². The Labute approximate surface area is 268 Å². The lowest BCUT2D eigenvalue weighted by Crippen LogP contribution is -2.71. The topological polar surface area (TPSA) is 179 Å². The molecule has 5 amide bonds. The molecule has 4 heterocycles. The van der Waals surface area contributed by atoms with Gasteiger partial charge in [0.05, 0.1) is 11.1 Å². The van der Waals surface area contributed by atoms with Gasteiger partial charge in [-0.25, -0.2) is 4.79 Å². The van der Waals surface area contributed by atoms with Gasteiger partial charge in [-0.3, -0.25) is 33.8 Å². The summed E-state index contributed by atoms with van der Waals surface area (Å²) in [5.74, 6) is -3.88. The molecule has 0 radical (unpaired) electrons. The lowest BCUT2D eigenvalue weighted by molar-refractivity contribution is -0.151. The van der Waals surface area contributed by atoms with Gasteiger partial charge in [-0.05, 0) is 30.2 Å². The zero-order chi connectivity index (χ0) is 31.8. The zero-order valence-electron chi connectivity index (χ0n) is 23.5. The number of carboxylic acid groups (broad SMARTS) is 1. The number of carbonyl (C=O) groups excluding carboxylic acids is 5. The minimum absolute atomic E-state index is 0.114. The number of amides is 5. The number of aryl methyl sites for hydroxylation is 1.